The number of carbonyl (C=O) groups is 2. The molecule has 2 aliphatic heterocycles. The van der Waals surface area contributed by atoms with E-state index in [1.165, 1.54) is 0 Å². The number of para-hydroxylation sites is 1. The first-order valence-electron chi connectivity index (χ1n) is 10.4. The summed E-state index contributed by atoms with van der Waals surface area (Å²) in [5.74, 6) is 1.19. The highest BCUT2D eigenvalue weighted by atomic mass is 35.5. The zero-order valence-corrected chi connectivity index (χ0v) is 21.0. The molecule has 0 bridgehead atoms. The molecule has 0 N–H and O–H groups in total. The first kappa shape index (κ1) is 23.9. The van der Waals surface area contributed by atoms with Gasteiger partial charge in [-0.3, -0.25) is 14.5 Å². The van der Waals surface area contributed by atoms with Gasteiger partial charge in [-0.25, -0.2) is 0 Å². The van der Waals surface area contributed by atoms with Gasteiger partial charge in [-0.05, 0) is 47.7 Å². The number of hydrogen-bond acceptors (Lipinski definition) is 6. The average Bonchev–Trinajstić information content (AvgIpc) is 3.38. The van der Waals surface area contributed by atoms with E-state index in [-0.39, 0.29) is 30.1 Å². The van der Waals surface area contributed by atoms with Gasteiger partial charge >= 0.3 is 0 Å². The van der Waals surface area contributed by atoms with E-state index in [0.717, 1.165) is 22.2 Å². The van der Waals surface area contributed by atoms with Crippen LogP contribution in [0.1, 0.15) is 16.7 Å². The first-order chi connectivity index (χ1) is 16.9. The Balaban J connectivity index is 1.34. The maximum Gasteiger partial charge on any atom is 0.293 e. The van der Waals surface area contributed by atoms with Crippen LogP contribution >= 0.6 is 46.6 Å². The van der Waals surface area contributed by atoms with E-state index in [9.17, 15) is 9.59 Å². The number of hydrogen-bond donors (Lipinski definition) is 0. The van der Waals surface area contributed by atoms with E-state index in [4.69, 9.17) is 49.0 Å². The van der Waals surface area contributed by atoms with Crippen LogP contribution in [0.3, 0.4) is 0 Å². The summed E-state index contributed by atoms with van der Waals surface area (Å²) in [7, 11) is 0. The van der Waals surface area contributed by atoms with Crippen molar-refractivity contribution in [1.82, 2.24) is 4.90 Å². The number of imide groups is 1. The molecular formula is C25H16Cl3NO5S. The number of benzene rings is 3. The third-order valence-corrected chi connectivity index (χ3v) is 7.19. The van der Waals surface area contributed by atoms with Gasteiger partial charge in [-0.2, -0.15) is 0 Å². The first-order valence-corrected chi connectivity index (χ1v) is 12.3. The molecule has 1 fully saturated rings. The van der Waals surface area contributed by atoms with Crippen molar-refractivity contribution >= 4 is 63.8 Å². The van der Waals surface area contributed by atoms with Crippen LogP contribution in [0.4, 0.5) is 4.79 Å². The van der Waals surface area contributed by atoms with Gasteiger partial charge in [-0.1, -0.05) is 59.1 Å². The highest BCUT2D eigenvalue weighted by Gasteiger charge is 2.36. The van der Waals surface area contributed by atoms with E-state index >= 15 is 0 Å². The Morgan fingerprint density at radius 2 is 1.69 bits per heavy atom. The fraction of sp³-hybridized carbons (Fsp3) is 0.120. The number of halogens is 3. The Hall–Kier alpha value is -2.84. The van der Waals surface area contributed by atoms with Crippen molar-refractivity contribution in [2.45, 2.75) is 13.2 Å². The SMILES string of the molecule is O=C1S/C(=C/c2ccccc2OCc2ccc(Cl)cc2Cl)C(=O)N1Cc1cc2c(cc1Cl)OCO2. The van der Waals surface area contributed by atoms with E-state index in [1.54, 1.807) is 42.5 Å². The van der Waals surface area contributed by atoms with Crippen molar-refractivity contribution in [3.8, 4) is 17.2 Å². The number of rotatable bonds is 6. The molecule has 2 heterocycles. The second-order valence-corrected chi connectivity index (χ2v) is 9.87. The highest BCUT2D eigenvalue weighted by molar-refractivity contribution is 8.18. The summed E-state index contributed by atoms with van der Waals surface area (Å²) in [5, 5.41) is 1.04. The van der Waals surface area contributed by atoms with Crippen LogP contribution in [0.25, 0.3) is 6.08 Å². The minimum atomic E-state index is -0.413. The molecule has 3 aromatic carbocycles. The molecule has 0 spiro atoms. The summed E-state index contributed by atoms with van der Waals surface area (Å²) in [4.78, 5) is 27.2. The van der Waals surface area contributed by atoms with Gasteiger partial charge < -0.3 is 14.2 Å². The average molecular weight is 549 g/mol. The summed E-state index contributed by atoms with van der Waals surface area (Å²) >= 11 is 19.4. The summed E-state index contributed by atoms with van der Waals surface area (Å²) in [6.45, 7) is 0.334. The van der Waals surface area contributed by atoms with Gasteiger partial charge in [0.15, 0.2) is 11.5 Å². The Labute approximate surface area is 220 Å². The predicted molar refractivity (Wildman–Crippen MR) is 136 cm³/mol. The summed E-state index contributed by atoms with van der Waals surface area (Å²) in [6, 6.07) is 15.7. The molecule has 0 atom stereocenters. The Morgan fingerprint density at radius 3 is 2.49 bits per heavy atom. The van der Waals surface area contributed by atoms with Crippen molar-refractivity contribution in [2.75, 3.05) is 6.79 Å². The molecule has 0 radical (unpaired) electrons. The number of fused-ring (bicyclic) bond motifs is 1. The predicted octanol–water partition coefficient (Wildman–Crippen LogP) is 7.19. The lowest BCUT2D eigenvalue weighted by atomic mass is 10.1. The quantitative estimate of drug-likeness (QED) is 0.304. The van der Waals surface area contributed by atoms with Crippen LogP contribution in [0.5, 0.6) is 17.2 Å². The summed E-state index contributed by atoms with van der Waals surface area (Å²) in [5.41, 5.74) is 2.01. The molecule has 1 saturated heterocycles. The second-order valence-electron chi connectivity index (χ2n) is 7.63. The lowest BCUT2D eigenvalue weighted by molar-refractivity contribution is -0.123. The summed E-state index contributed by atoms with van der Waals surface area (Å²) in [6.07, 6.45) is 1.64. The molecule has 178 valence electrons. The van der Waals surface area contributed by atoms with E-state index in [2.05, 4.69) is 0 Å². The van der Waals surface area contributed by atoms with Crippen molar-refractivity contribution < 1.29 is 23.8 Å². The molecule has 3 aromatic rings. The maximum absolute atomic E-state index is 13.1. The number of ether oxygens (including phenoxy) is 3. The lowest BCUT2D eigenvalue weighted by Gasteiger charge is -2.14. The van der Waals surface area contributed by atoms with Gasteiger partial charge in [0.1, 0.15) is 12.4 Å². The van der Waals surface area contributed by atoms with Crippen molar-refractivity contribution in [2.24, 2.45) is 0 Å². The lowest BCUT2D eigenvalue weighted by Crippen LogP contribution is -2.27. The Kier molecular flexibility index (Phi) is 6.84. The number of thioether (sulfide) groups is 1. The van der Waals surface area contributed by atoms with Gasteiger partial charge in [0.2, 0.25) is 6.79 Å². The molecule has 2 amide bonds. The van der Waals surface area contributed by atoms with Crippen molar-refractivity contribution in [3.05, 3.63) is 91.3 Å². The standard InChI is InChI=1S/C25H16Cl3NO5S/c26-17-6-5-15(18(27)9-17)12-32-20-4-2-1-3-14(20)8-23-24(30)29(25(31)35-23)11-16-7-21-22(10-19(16)28)34-13-33-21/h1-10H,11-13H2/b23-8+. The Bertz CT molecular complexity index is 1380. The van der Waals surface area contributed by atoms with E-state index in [1.807, 2.05) is 18.2 Å². The Morgan fingerprint density at radius 1 is 0.943 bits per heavy atom. The maximum atomic E-state index is 13.1. The minimum Gasteiger partial charge on any atom is -0.488 e. The third-order valence-electron chi connectivity index (χ3n) is 5.35. The molecule has 6 nitrogen and oxygen atoms in total. The van der Waals surface area contributed by atoms with Crippen LogP contribution < -0.4 is 14.2 Å². The van der Waals surface area contributed by atoms with Crippen molar-refractivity contribution in [1.29, 1.82) is 0 Å². The monoisotopic (exact) mass is 547 g/mol. The molecule has 2 aliphatic rings. The fourth-order valence-electron chi connectivity index (χ4n) is 3.55. The zero-order chi connectivity index (χ0) is 24.5. The van der Waals surface area contributed by atoms with E-state index in [0.29, 0.717) is 43.4 Å². The van der Waals surface area contributed by atoms with Crippen LogP contribution in [0.2, 0.25) is 15.1 Å². The molecule has 0 unspecified atom stereocenters. The fourth-order valence-corrected chi connectivity index (χ4v) is 5.06. The molecule has 35 heavy (non-hydrogen) atoms. The normalized spacial score (nSPS) is 15.9. The smallest absolute Gasteiger partial charge is 0.293 e. The second kappa shape index (κ2) is 10.0. The molecule has 5 rings (SSSR count). The largest absolute Gasteiger partial charge is 0.488 e. The van der Waals surface area contributed by atoms with Crippen LogP contribution in [-0.4, -0.2) is 22.8 Å². The third kappa shape index (κ3) is 5.09. The van der Waals surface area contributed by atoms with Crippen LogP contribution in [0.15, 0.2) is 59.5 Å². The molecule has 0 aromatic heterocycles. The number of nitrogens with zero attached hydrogens (tertiary/aromatic N) is 1. The molecular weight excluding hydrogens is 533 g/mol. The zero-order valence-electron chi connectivity index (χ0n) is 17.9. The van der Waals surface area contributed by atoms with Crippen molar-refractivity contribution in [3.63, 3.8) is 0 Å². The van der Waals surface area contributed by atoms with Gasteiger partial charge in [-0.15, -0.1) is 0 Å². The minimum absolute atomic E-state index is 0.0185. The highest BCUT2D eigenvalue weighted by Crippen LogP contribution is 2.40. The molecule has 0 saturated carbocycles. The number of amides is 2. The summed E-state index contributed by atoms with van der Waals surface area (Å²) < 4.78 is 16.7. The van der Waals surface area contributed by atoms with Gasteiger partial charge in [0.05, 0.1) is 11.4 Å². The number of carbonyl (C=O) groups excluding carboxylic acids is 2. The molecule has 0 aliphatic carbocycles. The van der Waals surface area contributed by atoms with Gasteiger partial charge in [0, 0.05) is 32.3 Å². The van der Waals surface area contributed by atoms with Crippen LogP contribution in [0, 0.1) is 0 Å². The topological polar surface area (TPSA) is 65.1 Å². The van der Waals surface area contributed by atoms with E-state index < -0.39 is 5.91 Å². The van der Waals surface area contributed by atoms with Gasteiger partial charge in [0.25, 0.3) is 11.1 Å². The van der Waals surface area contributed by atoms with Crippen LogP contribution in [-0.2, 0) is 17.9 Å². The molecule has 10 heteroatoms.